The molecule has 21 heavy (non-hydrogen) atoms. The second-order valence-electron chi connectivity index (χ2n) is 6.08. The monoisotopic (exact) mass is 289 g/mol. The van der Waals surface area contributed by atoms with Gasteiger partial charge in [0.25, 0.3) is 0 Å². The van der Waals surface area contributed by atoms with Crippen molar-refractivity contribution in [3.05, 3.63) is 30.1 Å². The normalized spacial score (nSPS) is 19.4. The molecule has 0 aliphatic carbocycles. The number of nitrogens with zero attached hydrogens (tertiary/aromatic N) is 2. The van der Waals surface area contributed by atoms with E-state index < -0.39 is 0 Å². The van der Waals surface area contributed by atoms with Gasteiger partial charge < -0.3 is 10.2 Å². The maximum Gasteiger partial charge on any atom is 0.220 e. The summed E-state index contributed by atoms with van der Waals surface area (Å²) in [6.45, 7) is 3.10. The lowest BCUT2D eigenvalue weighted by Crippen LogP contribution is -2.33. The summed E-state index contributed by atoms with van der Waals surface area (Å²) in [4.78, 5) is 18.5. The number of pyridine rings is 1. The van der Waals surface area contributed by atoms with Gasteiger partial charge in [-0.15, -0.1) is 0 Å². The van der Waals surface area contributed by atoms with E-state index in [1.807, 2.05) is 24.4 Å². The van der Waals surface area contributed by atoms with E-state index in [4.69, 9.17) is 0 Å². The van der Waals surface area contributed by atoms with Gasteiger partial charge in [-0.3, -0.25) is 9.78 Å². The van der Waals surface area contributed by atoms with E-state index in [9.17, 15) is 4.79 Å². The van der Waals surface area contributed by atoms with Gasteiger partial charge in [0.1, 0.15) is 0 Å². The van der Waals surface area contributed by atoms with E-state index >= 15 is 0 Å². The van der Waals surface area contributed by atoms with Crippen LogP contribution in [0.15, 0.2) is 24.4 Å². The summed E-state index contributed by atoms with van der Waals surface area (Å²) in [6.07, 6.45) is 7.93. The molecule has 0 aromatic carbocycles. The van der Waals surface area contributed by atoms with Gasteiger partial charge in [-0.2, -0.15) is 0 Å². The third-order valence-electron chi connectivity index (χ3n) is 4.16. The first-order valence-corrected chi connectivity index (χ1v) is 8.09. The molecular formula is C17H27N3O. The smallest absolute Gasteiger partial charge is 0.220 e. The van der Waals surface area contributed by atoms with Gasteiger partial charge in [0.2, 0.25) is 5.91 Å². The summed E-state index contributed by atoms with van der Waals surface area (Å²) in [7, 11) is 2.17. The van der Waals surface area contributed by atoms with Crippen LogP contribution in [-0.4, -0.2) is 42.5 Å². The third-order valence-corrected chi connectivity index (χ3v) is 4.16. The molecule has 116 valence electrons. The van der Waals surface area contributed by atoms with Crippen molar-refractivity contribution in [2.75, 3.05) is 26.7 Å². The predicted octanol–water partition coefficient (Wildman–Crippen LogP) is 2.25. The molecule has 4 heteroatoms. The third kappa shape index (κ3) is 6.25. The Morgan fingerprint density at radius 2 is 2.38 bits per heavy atom. The molecule has 0 radical (unpaired) electrons. The summed E-state index contributed by atoms with van der Waals surface area (Å²) < 4.78 is 0. The van der Waals surface area contributed by atoms with Crippen LogP contribution >= 0.6 is 0 Å². The molecule has 1 aliphatic rings. The zero-order chi connectivity index (χ0) is 14.9. The predicted molar refractivity (Wildman–Crippen MR) is 85.0 cm³/mol. The molecule has 1 aromatic rings. The number of rotatable bonds is 7. The maximum atomic E-state index is 11.8. The van der Waals surface area contributed by atoms with E-state index in [-0.39, 0.29) is 5.91 Å². The average Bonchev–Trinajstić information content (AvgIpc) is 2.51. The fourth-order valence-corrected chi connectivity index (χ4v) is 2.98. The summed E-state index contributed by atoms with van der Waals surface area (Å²) in [5.41, 5.74) is 1.09. The number of hydrogen-bond donors (Lipinski definition) is 1. The molecule has 0 bridgehead atoms. The highest BCUT2D eigenvalue weighted by atomic mass is 16.1. The van der Waals surface area contributed by atoms with Crippen LogP contribution in [0.4, 0.5) is 0 Å². The van der Waals surface area contributed by atoms with Crippen LogP contribution in [0.2, 0.25) is 0 Å². The van der Waals surface area contributed by atoms with Gasteiger partial charge in [-0.05, 0) is 63.7 Å². The average molecular weight is 289 g/mol. The number of hydrogen-bond acceptors (Lipinski definition) is 3. The van der Waals surface area contributed by atoms with Crippen molar-refractivity contribution >= 4 is 5.91 Å². The van der Waals surface area contributed by atoms with Crippen LogP contribution in [0, 0.1) is 5.92 Å². The highest BCUT2D eigenvalue weighted by Crippen LogP contribution is 2.19. The second-order valence-corrected chi connectivity index (χ2v) is 6.08. The second kappa shape index (κ2) is 8.78. The zero-order valence-corrected chi connectivity index (χ0v) is 13.1. The maximum absolute atomic E-state index is 11.8. The lowest BCUT2D eigenvalue weighted by atomic mass is 9.93. The minimum absolute atomic E-state index is 0.198. The number of nitrogens with one attached hydrogen (secondary N) is 1. The summed E-state index contributed by atoms with van der Waals surface area (Å²) in [6, 6.07) is 5.96. The van der Waals surface area contributed by atoms with Crippen molar-refractivity contribution in [1.82, 2.24) is 15.2 Å². The molecule has 0 spiro atoms. The Kier molecular flexibility index (Phi) is 6.67. The van der Waals surface area contributed by atoms with Gasteiger partial charge in [-0.1, -0.05) is 6.07 Å². The number of likely N-dealkylation sites (tertiary alicyclic amines) is 1. The first-order chi connectivity index (χ1) is 10.2. The van der Waals surface area contributed by atoms with Crippen LogP contribution in [0.1, 0.15) is 37.8 Å². The van der Waals surface area contributed by atoms with Gasteiger partial charge in [-0.25, -0.2) is 0 Å². The molecule has 1 N–H and O–H groups in total. The topological polar surface area (TPSA) is 45.2 Å². The van der Waals surface area contributed by atoms with Crippen LogP contribution in [0.3, 0.4) is 0 Å². The summed E-state index contributed by atoms with van der Waals surface area (Å²) in [5, 5.41) is 3.02. The quantitative estimate of drug-likeness (QED) is 0.783. The Balaban J connectivity index is 1.53. The Morgan fingerprint density at radius 3 is 3.14 bits per heavy atom. The van der Waals surface area contributed by atoms with Crippen molar-refractivity contribution in [3.8, 4) is 0 Å². The largest absolute Gasteiger partial charge is 0.356 e. The van der Waals surface area contributed by atoms with Crippen molar-refractivity contribution in [3.63, 3.8) is 0 Å². The number of piperidine rings is 1. The first-order valence-electron chi connectivity index (χ1n) is 8.09. The van der Waals surface area contributed by atoms with Crippen LogP contribution in [0.5, 0.6) is 0 Å². The van der Waals surface area contributed by atoms with Crippen molar-refractivity contribution < 1.29 is 4.79 Å². The molecule has 1 fully saturated rings. The Morgan fingerprint density at radius 1 is 1.48 bits per heavy atom. The van der Waals surface area contributed by atoms with Gasteiger partial charge in [0.15, 0.2) is 0 Å². The number of aryl methyl sites for hydroxylation is 1. The number of aromatic nitrogens is 1. The fraction of sp³-hybridized carbons (Fsp3) is 0.647. The van der Waals surface area contributed by atoms with Crippen LogP contribution in [-0.2, 0) is 11.2 Å². The number of amides is 1. The molecule has 2 heterocycles. The highest BCUT2D eigenvalue weighted by molar-refractivity contribution is 5.75. The Bertz CT molecular complexity index is 421. The Labute approximate surface area is 127 Å². The minimum atomic E-state index is 0.198. The van der Waals surface area contributed by atoms with Gasteiger partial charge >= 0.3 is 0 Å². The van der Waals surface area contributed by atoms with Crippen molar-refractivity contribution in [2.24, 2.45) is 5.92 Å². The Hall–Kier alpha value is -1.42. The van der Waals surface area contributed by atoms with Crippen molar-refractivity contribution in [1.29, 1.82) is 0 Å². The van der Waals surface area contributed by atoms with Gasteiger partial charge in [0, 0.05) is 31.4 Å². The van der Waals surface area contributed by atoms with Crippen LogP contribution < -0.4 is 5.32 Å². The molecule has 4 nitrogen and oxygen atoms in total. The van der Waals surface area contributed by atoms with E-state index in [1.165, 1.54) is 19.4 Å². The number of carbonyl (C=O) groups excluding carboxylic acids is 1. The highest BCUT2D eigenvalue weighted by Gasteiger charge is 2.17. The molecule has 1 atom stereocenters. The fourth-order valence-electron chi connectivity index (χ4n) is 2.98. The number of carbonyl (C=O) groups is 1. The molecule has 1 unspecified atom stereocenters. The molecule has 1 aromatic heterocycles. The lowest BCUT2D eigenvalue weighted by Gasteiger charge is -2.29. The molecule has 0 saturated carbocycles. The van der Waals surface area contributed by atoms with Crippen LogP contribution in [0.25, 0.3) is 0 Å². The van der Waals surface area contributed by atoms with E-state index in [2.05, 4.69) is 22.2 Å². The summed E-state index contributed by atoms with van der Waals surface area (Å²) >= 11 is 0. The standard InChI is InChI=1S/C17H27N3O/c1-20-13-5-6-15(14-20)9-10-17(21)19-12-4-8-16-7-2-3-11-18-16/h2-3,7,11,15H,4-6,8-10,12-14H2,1H3,(H,19,21). The molecule has 1 aliphatic heterocycles. The van der Waals surface area contributed by atoms with E-state index in [0.29, 0.717) is 12.3 Å². The zero-order valence-electron chi connectivity index (χ0n) is 13.1. The van der Waals surface area contributed by atoms with Gasteiger partial charge in [0.05, 0.1) is 0 Å². The van der Waals surface area contributed by atoms with E-state index in [0.717, 1.165) is 38.0 Å². The van der Waals surface area contributed by atoms with Crippen molar-refractivity contribution in [2.45, 2.75) is 38.5 Å². The molecular weight excluding hydrogens is 262 g/mol. The van der Waals surface area contributed by atoms with E-state index in [1.54, 1.807) is 0 Å². The lowest BCUT2D eigenvalue weighted by molar-refractivity contribution is -0.121. The molecule has 1 amide bonds. The first kappa shape index (κ1) is 16.0. The SMILES string of the molecule is CN1CCCC(CCC(=O)NCCCc2ccccn2)C1. The summed E-state index contributed by atoms with van der Waals surface area (Å²) in [5.74, 6) is 0.896. The molecule has 2 rings (SSSR count). The molecule has 1 saturated heterocycles. The minimum Gasteiger partial charge on any atom is -0.356 e.